The Bertz CT molecular complexity index is 916. The quantitative estimate of drug-likeness (QED) is 0.772. The molecule has 0 spiro atoms. The zero-order valence-corrected chi connectivity index (χ0v) is 15.5. The van der Waals surface area contributed by atoms with E-state index in [1.807, 2.05) is 42.6 Å². The van der Waals surface area contributed by atoms with Gasteiger partial charge in [0.15, 0.2) is 5.79 Å². The van der Waals surface area contributed by atoms with Gasteiger partial charge in [0.2, 0.25) is 5.60 Å². The Balaban J connectivity index is 1.65. The first kappa shape index (κ1) is 17.6. The van der Waals surface area contributed by atoms with Crippen LogP contribution in [0.1, 0.15) is 25.1 Å². The number of hydrogen-bond donors (Lipinski definition) is 0. The van der Waals surface area contributed by atoms with Crippen LogP contribution in [0.2, 0.25) is 0 Å². The highest BCUT2D eigenvalue weighted by atomic mass is 16.8. The number of rotatable bonds is 4. The van der Waals surface area contributed by atoms with Crippen molar-refractivity contribution in [1.82, 2.24) is 15.0 Å². The Kier molecular flexibility index (Phi) is 4.20. The van der Waals surface area contributed by atoms with Gasteiger partial charge in [-0.3, -0.25) is 0 Å². The fourth-order valence-corrected chi connectivity index (χ4v) is 3.53. The molecule has 0 saturated carbocycles. The summed E-state index contributed by atoms with van der Waals surface area (Å²) in [5.74, 6) is -1.44. The molecule has 1 aromatic carbocycles. The molecule has 1 aliphatic heterocycles. The minimum Gasteiger partial charge on any atom is -0.467 e. The van der Waals surface area contributed by atoms with Crippen molar-refractivity contribution in [3.8, 4) is 0 Å². The van der Waals surface area contributed by atoms with Crippen LogP contribution in [-0.2, 0) is 25.5 Å². The second-order valence-corrected chi connectivity index (χ2v) is 7.05. The Morgan fingerprint density at radius 1 is 1.30 bits per heavy atom. The molecular weight excluding hydrogens is 346 g/mol. The summed E-state index contributed by atoms with van der Waals surface area (Å²) in [5.41, 5.74) is 1.16. The molecule has 0 amide bonds. The number of ether oxygens (including phenoxy) is 3. The molecule has 0 N–H and O–H groups in total. The highest BCUT2D eigenvalue weighted by molar-refractivity contribution is 5.89. The van der Waals surface area contributed by atoms with E-state index in [2.05, 4.69) is 10.3 Å². The summed E-state index contributed by atoms with van der Waals surface area (Å²) >= 11 is 0. The number of carbonyl (C=O) groups excluding carboxylic acids is 1. The maximum absolute atomic E-state index is 12.5. The third-order valence-electron chi connectivity index (χ3n) is 4.63. The Hall–Kier alpha value is -2.77. The summed E-state index contributed by atoms with van der Waals surface area (Å²) in [6.07, 6.45) is 6.49. The van der Waals surface area contributed by atoms with Crippen LogP contribution in [0.25, 0.3) is 5.57 Å². The molecule has 2 atom stereocenters. The van der Waals surface area contributed by atoms with E-state index in [9.17, 15) is 4.79 Å². The van der Waals surface area contributed by atoms with Crippen molar-refractivity contribution < 1.29 is 19.0 Å². The average molecular weight is 367 g/mol. The van der Waals surface area contributed by atoms with E-state index in [0.29, 0.717) is 12.2 Å². The SMILES string of the molecule is COC(=O)[C@]12C=CC=C(c3cn(Cc4ccccc4)nn3)[C@H]1OC(C)(C)O2. The van der Waals surface area contributed by atoms with E-state index in [-0.39, 0.29) is 0 Å². The van der Waals surface area contributed by atoms with Gasteiger partial charge in [0, 0.05) is 5.57 Å². The van der Waals surface area contributed by atoms with E-state index in [0.717, 1.165) is 11.1 Å². The lowest BCUT2D eigenvalue weighted by atomic mass is 9.85. The van der Waals surface area contributed by atoms with Crippen molar-refractivity contribution in [2.45, 2.75) is 37.9 Å². The average Bonchev–Trinajstić information content (AvgIpc) is 3.22. The smallest absolute Gasteiger partial charge is 0.345 e. The first-order valence-electron chi connectivity index (χ1n) is 8.74. The van der Waals surface area contributed by atoms with Crippen LogP contribution in [0.4, 0.5) is 0 Å². The van der Waals surface area contributed by atoms with Crippen molar-refractivity contribution in [2.75, 3.05) is 7.11 Å². The molecular formula is C20H21N3O4. The predicted octanol–water partition coefficient (Wildman–Crippen LogP) is 2.34. The second-order valence-electron chi connectivity index (χ2n) is 7.05. The number of allylic oxidation sites excluding steroid dienone is 2. The van der Waals surface area contributed by atoms with Gasteiger partial charge >= 0.3 is 5.97 Å². The molecule has 27 heavy (non-hydrogen) atoms. The van der Waals surface area contributed by atoms with E-state index >= 15 is 0 Å². The number of nitrogens with zero attached hydrogens (tertiary/aromatic N) is 3. The largest absolute Gasteiger partial charge is 0.467 e. The third-order valence-corrected chi connectivity index (χ3v) is 4.63. The van der Waals surface area contributed by atoms with Crippen LogP contribution < -0.4 is 0 Å². The van der Waals surface area contributed by atoms with E-state index < -0.39 is 23.5 Å². The number of fused-ring (bicyclic) bond motifs is 1. The van der Waals surface area contributed by atoms with Crippen LogP contribution in [0.3, 0.4) is 0 Å². The second kappa shape index (κ2) is 6.44. The molecule has 0 bridgehead atoms. The number of carbonyl (C=O) groups is 1. The first-order valence-corrected chi connectivity index (χ1v) is 8.74. The first-order chi connectivity index (χ1) is 12.9. The number of hydrogen-bond acceptors (Lipinski definition) is 6. The molecule has 0 radical (unpaired) electrons. The molecule has 2 aromatic rings. The van der Waals surface area contributed by atoms with Crippen LogP contribution in [-0.4, -0.2) is 45.6 Å². The molecule has 2 aliphatic rings. The molecule has 7 heteroatoms. The van der Waals surface area contributed by atoms with Crippen molar-refractivity contribution in [2.24, 2.45) is 0 Å². The Morgan fingerprint density at radius 2 is 2.07 bits per heavy atom. The molecule has 1 aromatic heterocycles. The van der Waals surface area contributed by atoms with Crippen molar-refractivity contribution >= 4 is 11.5 Å². The van der Waals surface area contributed by atoms with Crippen molar-refractivity contribution in [3.63, 3.8) is 0 Å². The fourth-order valence-electron chi connectivity index (χ4n) is 3.53. The fraction of sp³-hybridized carbons (Fsp3) is 0.350. The lowest BCUT2D eigenvalue weighted by molar-refractivity contribution is -0.179. The minimum absolute atomic E-state index is 0.503. The van der Waals surface area contributed by atoms with E-state index in [1.54, 1.807) is 30.7 Å². The third kappa shape index (κ3) is 3.09. The molecule has 7 nitrogen and oxygen atoms in total. The van der Waals surface area contributed by atoms with Gasteiger partial charge in [-0.05, 0) is 25.5 Å². The molecule has 4 rings (SSSR count). The zero-order chi connectivity index (χ0) is 19.1. The topological polar surface area (TPSA) is 75.5 Å². The van der Waals surface area contributed by atoms with Crippen LogP contribution >= 0.6 is 0 Å². The van der Waals surface area contributed by atoms with Gasteiger partial charge in [-0.25, -0.2) is 9.48 Å². The van der Waals surface area contributed by atoms with Crippen LogP contribution in [0.5, 0.6) is 0 Å². The maximum Gasteiger partial charge on any atom is 0.345 e. The van der Waals surface area contributed by atoms with Gasteiger partial charge in [-0.2, -0.15) is 0 Å². The normalized spacial score (nSPS) is 25.7. The number of esters is 1. The maximum atomic E-state index is 12.5. The van der Waals surface area contributed by atoms with Crippen LogP contribution in [0, 0.1) is 0 Å². The van der Waals surface area contributed by atoms with Gasteiger partial charge < -0.3 is 14.2 Å². The molecule has 1 fully saturated rings. The summed E-state index contributed by atoms with van der Waals surface area (Å²) in [6.45, 7) is 4.15. The summed E-state index contributed by atoms with van der Waals surface area (Å²) in [5, 5.41) is 8.50. The monoisotopic (exact) mass is 367 g/mol. The Labute approximate surface area is 157 Å². The molecule has 0 unspecified atom stereocenters. The van der Waals surface area contributed by atoms with Crippen LogP contribution in [0.15, 0.2) is 54.8 Å². The zero-order valence-electron chi connectivity index (χ0n) is 15.5. The number of benzene rings is 1. The van der Waals surface area contributed by atoms with E-state index in [1.165, 1.54) is 7.11 Å². The predicted molar refractivity (Wildman–Crippen MR) is 97.5 cm³/mol. The van der Waals surface area contributed by atoms with Gasteiger partial charge in [0.05, 0.1) is 19.9 Å². The van der Waals surface area contributed by atoms with E-state index in [4.69, 9.17) is 14.2 Å². The van der Waals surface area contributed by atoms with Gasteiger partial charge in [0.1, 0.15) is 11.8 Å². The van der Waals surface area contributed by atoms with Gasteiger partial charge in [-0.1, -0.05) is 47.7 Å². The molecule has 1 saturated heterocycles. The summed E-state index contributed by atoms with van der Waals surface area (Å²) in [6, 6.07) is 10.0. The van der Waals surface area contributed by atoms with Gasteiger partial charge in [0.25, 0.3) is 0 Å². The molecule has 2 heterocycles. The summed E-state index contributed by atoms with van der Waals surface area (Å²) in [4.78, 5) is 12.5. The molecule has 1 aliphatic carbocycles. The highest BCUT2D eigenvalue weighted by Crippen LogP contribution is 2.45. The lowest BCUT2D eigenvalue weighted by Gasteiger charge is -2.29. The number of methoxy groups -OCH3 is 1. The van der Waals surface area contributed by atoms with Gasteiger partial charge in [-0.15, -0.1) is 5.10 Å². The van der Waals surface area contributed by atoms with Crippen molar-refractivity contribution in [3.05, 3.63) is 66.0 Å². The lowest BCUT2D eigenvalue weighted by Crippen LogP contribution is -2.48. The number of aromatic nitrogens is 3. The highest BCUT2D eigenvalue weighted by Gasteiger charge is 2.60. The summed E-state index contributed by atoms with van der Waals surface area (Å²) < 4.78 is 18.8. The standard InChI is InChI=1S/C20H21N3O4/c1-19(2)26-17-15(10-7-11-20(17,27-19)18(24)25-3)16-13-23(22-21-16)12-14-8-5-4-6-9-14/h4-11,13,17H,12H2,1-3H3/t17-,20+/m1/s1. The minimum atomic E-state index is -1.33. The Morgan fingerprint density at radius 3 is 2.81 bits per heavy atom. The van der Waals surface area contributed by atoms with Crippen molar-refractivity contribution in [1.29, 1.82) is 0 Å². The molecule has 140 valence electrons. The summed E-state index contributed by atoms with van der Waals surface area (Å²) in [7, 11) is 1.34.